The number of likely N-dealkylation sites (tertiary alicyclic amines) is 1. The van der Waals surface area contributed by atoms with Gasteiger partial charge in [-0.1, -0.05) is 30.3 Å². The molecule has 32 heavy (non-hydrogen) atoms. The highest BCUT2D eigenvalue weighted by Gasteiger charge is 2.36. The monoisotopic (exact) mass is 435 g/mol. The lowest BCUT2D eigenvalue weighted by molar-refractivity contribution is 0.0499. The fourth-order valence-electron chi connectivity index (χ4n) is 5.33. The van der Waals surface area contributed by atoms with Crippen molar-refractivity contribution in [3.8, 4) is 0 Å². The topological polar surface area (TPSA) is 57.4 Å². The maximum Gasteiger partial charge on any atom is 0.317 e. The van der Waals surface area contributed by atoms with Crippen LogP contribution in [0.1, 0.15) is 42.7 Å². The third-order valence-electron chi connectivity index (χ3n) is 7.31. The number of nitrogens with one attached hydrogen (secondary N) is 2. The van der Waals surface area contributed by atoms with Crippen LogP contribution in [-0.4, -0.2) is 48.8 Å². The Labute approximate surface area is 187 Å². The first kappa shape index (κ1) is 21.0. The van der Waals surface area contributed by atoms with Gasteiger partial charge in [-0.15, -0.1) is 0 Å². The van der Waals surface area contributed by atoms with E-state index >= 15 is 0 Å². The molecule has 3 aromatic rings. The van der Waals surface area contributed by atoms with Gasteiger partial charge >= 0.3 is 6.03 Å². The van der Waals surface area contributed by atoms with Gasteiger partial charge in [-0.2, -0.15) is 0 Å². The molecule has 2 saturated heterocycles. The molecule has 2 aliphatic rings. The van der Waals surface area contributed by atoms with E-state index < -0.39 is 0 Å². The Hall–Kier alpha value is -2.86. The van der Waals surface area contributed by atoms with Crippen molar-refractivity contribution in [3.05, 3.63) is 71.7 Å². The van der Waals surface area contributed by atoms with Crippen molar-refractivity contribution in [2.24, 2.45) is 0 Å². The van der Waals surface area contributed by atoms with E-state index in [1.54, 1.807) is 12.1 Å². The minimum atomic E-state index is -0.279. The Morgan fingerprint density at radius 2 is 1.91 bits per heavy atom. The summed E-state index contributed by atoms with van der Waals surface area (Å²) < 4.78 is 19.5. The molecule has 6 heteroatoms. The van der Waals surface area contributed by atoms with Gasteiger partial charge in [0.05, 0.1) is 0 Å². The summed E-state index contributed by atoms with van der Waals surface area (Å²) in [4.78, 5) is 18.3. The molecular weight excluding hydrogens is 405 g/mol. The van der Waals surface area contributed by atoms with Gasteiger partial charge in [0.25, 0.3) is 0 Å². The molecule has 0 unspecified atom stereocenters. The molecule has 0 saturated carbocycles. The number of nitrogens with zero attached hydrogens (tertiary/aromatic N) is 1. The number of para-hydroxylation sites is 1. The zero-order valence-corrected chi connectivity index (χ0v) is 18.3. The zero-order valence-electron chi connectivity index (χ0n) is 18.3. The largest absolute Gasteiger partial charge is 0.381 e. The van der Waals surface area contributed by atoms with Crippen molar-refractivity contribution >= 4 is 16.9 Å². The number of halogens is 1. The number of ether oxygens (including phenoxy) is 1. The van der Waals surface area contributed by atoms with Crippen LogP contribution in [0.15, 0.2) is 54.7 Å². The molecule has 1 aromatic heterocycles. The summed E-state index contributed by atoms with van der Waals surface area (Å²) in [6, 6.07) is 15.2. The number of hydrogen-bond acceptors (Lipinski definition) is 2. The first-order chi connectivity index (χ1) is 15.6. The molecule has 0 spiro atoms. The zero-order chi connectivity index (χ0) is 22.0. The van der Waals surface area contributed by atoms with Crippen LogP contribution < -0.4 is 5.32 Å². The fraction of sp³-hybridized carbons (Fsp3) is 0.423. The van der Waals surface area contributed by atoms with Gasteiger partial charge < -0.3 is 19.9 Å². The number of amides is 2. The Balaban J connectivity index is 1.22. The van der Waals surface area contributed by atoms with E-state index in [0.717, 1.165) is 44.3 Å². The molecule has 2 fully saturated rings. The summed E-state index contributed by atoms with van der Waals surface area (Å²) in [5, 5.41) is 4.45. The van der Waals surface area contributed by atoms with Crippen LogP contribution in [0.2, 0.25) is 0 Å². The Kier molecular flexibility index (Phi) is 5.87. The first-order valence-corrected chi connectivity index (χ1v) is 11.6. The molecular formula is C26H30FN3O2. The Bertz CT molecular complexity index is 1080. The lowest BCUT2D eigenvalue weighted by atomic mass is 9.74. The standard InChI is InChI=1S/C26H30FN3O2/c27-21-5-3-4-20(16-21)26(10-14-32-15-11-26)18-29-25(31)30-12-8-19(9-13-30)23-17-28-24-7-2-1-6-22(23)24/h1-7,16-17,19,28H,8-15,18H2,(H,29,31). The summed E-state index contributed by atoms with van der Waals surface area (Å²) in [6.07, 6.45) is 5.59. The third kappa shape index (κ3) is 4.11. The maximum atomic E-state index is 13.9. The van der Waals surface area contributed by atoms with Gasteiger partial charge in [0.1, 0.15) is 5.82 Å². The van der Waals surface area contributed by atoms with Gasteiger partial charge in [-0.25, -0.2) is 9.18 Å². The smallest absolute Gasteiger partial charge is 0.317 e. The highest BCUT2D eigenvalue weighted by Crippen LogP contribution is 2.35. The third-order valence-corrected chi connectivity index (χ3v) is 7.31. The molecule has 0 atom stereocenters. The van der Waals surface area contributed by atoms with E-state index in [1.165, 1.54) is 22.5 Å². The molecule has 2 aliphatic heterocycles. The second-order valence-corrected chi connectivity index (χ2v) is 9.11. The second-order valence-electron chi connectivity index (χ2n) is 9.11. The predicted molar refractivity (Wildman–Crippen MR) is 123 cm³/mol. The van der Waals surface area contributed by atoms with E-state index in [0.29, 0.717) is 25.7 Å². The summed E-state index contributed by atoms with van der Waals surface area (Å²) in [6.45, 7) is 3.24. The Morgan fingerprint density at radius 1 is 1.12 bits per heavy atom. The van der Waals surface area contributed by atoms with E-state index in [1.807, 2.05) is 17.0 Å². The lowest BCUT2D eigenvalue weighted by Crippen LogP contribution is -2.50. The molecule has 2 amide bonds. The minimum absolute atomic E-state index is 0.0235. The van der Waals surface area contributed by atoms with Crippen LogP contribution in [0.25, 0.3) is 10.9 Å². The summed E-state index contributed by atoms with van der Waals surface area (Å²) in [5.41, 5.74) is 3.19. The number of hydrogen-bond donors (Lipinski definition) is 2. The van der Waals surface area contributed by atoms with Crippen molar-refractivity contribution < 1.29 is 13.9 Å². The van der Waals surface area contributed by atoms with Crippen LogP contribution in [-0.2, 0) is 10.2 Å². The molecule has 2 aromatic carbocycles. The second kappa shape index (κ2) is 8.94. The molecule has 5 rings (SSSR count). The lowest BCUT2D eigenvalue weighted by Gasteiger charge is -2.39. The Morgan fingerprint density at radius 3 is 2.69 bits per heavy atom. The summed E-state index contributed by atoms with van der Waals surface area (Å²) in [7, 11) is 0. The van der Waals surface area contributed by atoms with Crippen molar-refractivity contribution in [3.63, 3.8) is 0 Å². The van der Waals surface area contributed by atoms with Gasteiger partial charge in [-0.05, 0) is 60.9 Å². The number of piperidine rings is 1. The molecule has 0 radical (unpaired) electrons. The number of urea groups is 1. The highest BCUT2D eigenvalue weighted by atomic mass is 19.1. The minimum Gasteiger partial charge on any atom is -0.381 e. The number of aromatic amines is 1. The number of aromatic nitrogens is 1. The van der Waals surface area contributed by atoms with E-state index in [9.17, 15) is 9.18 Å². The van der Waals surface area contributed by atoms with E-state index in [-0.39, 0.29) is 17.3 Å². The number of rotatable bonds is 4. The number of carbonyl (C=O) groups is 1. The number of carbonyl (C=O) groups excluding carboxylic acids is 1. The quantitative estimate of drug-likeness (QED) is 0.610. The number of benzene rings is 2. The predicted octanol–water partition coefficient (Wildman–Crippen LogP) is 4.94. The molecule has 5 nitrogen and oxygen atoms in total. The molecule has 0 bridgehead atoms. The van der Waals surface area contributed by atoms with Gasteiger partial charge in [0.2, 0.25) is 0 Å². The van der Waals surface area contributed by atoms with E-state index in [4.69, 9.17) is 4.74 Å². The average molecular weight is 436 g/mol. The molecule has 2 N–H and O–H groups in total. The normalized spacial score (nSPS) is 19.2. The highest BCUT2D eigenvalue weighted by molar-refractivity contribution is 5.83. The average Bonchev–Trinajstić information content (AvgIpc) is 3.27. The van der Waals surface area contributed by atoms with Gasteiger partial charge in [0.15, 0.2) is 0 Å². The number of fused-ring (bicyclic) bond motifs is 1. The van der Waals surface area contributed by atoms with Gasteiger partial charge in [-0.3, -0.25) is 0 Å². The first-order valence-electron chi connectivity index (χ1n) is 11.6. The SMILES string of the molecule is O=C(NCC1(c2cccc(F)c2)CCOCC1)N1CCC(c2c[nH]c3ccccc23)CC1. The van der Waals surface area contributed by atoms with E-state index in [2.05, 4.69) is 34.7 Å². The van der Waals surface area contributed by atoms with Crippen molar-refractivity contribution in [2.75, 3.05) is 32.8 Å². The van der Waals surface area contributed by atoms with Gasteiger partial charge in [0, 0.05) is 55.4 Å². The van der Waals surface area contributed by atoms with Crippen molar-refractivity contribution in [1.29, 1.82) is 0 Å². The number of H-pyrrole nitrogens is 1. The van der Waals surface area contributed by atoms with Crippen LogP contribution in [0.3, 0.4) is 0 Å². The molecule has 168 valence electrons. The van der Waals surface area contributed by atoms with Crippen LogP contribution in [0.4, 0.5) is 9.18 Å². The van der Waals surface area contributed by atoms with Crippen LogP contribution >= 0.6 is 0 Å². The molecule has 0 aliphatic carbocycles. The van der Waals surface area contributed by atoms with Crippen LogP contribution in [0, 0.1) is 5.82 Å². The molecule has 3 heterocycles. The summed E-state index contributed by atoms with van der Waals surface area (Å²) >= 11 is 0. The van der Waals surface area contributed by atoms with Crippen LogP contribution in [0.5, 0.6) is 0 Å². The summed E-state index contributed by atoms with van der Waals surface area (Å²) in [5.74, 6) is 0.225. The van der Waals surface area contributed by atoms with Crippen molar-refractivity contribution in [1.82, 2.24) is 15.2 Å². The fourth-order valence-corrected chi connectivity index (χ4v) is 5.33. The van der Waals surface area contributed by atoms with Crippen molar-refractivity contribution in [2.45, 2.75) is 37.0 Å². The maximum absolute atomic E-state index is 13.9.